The molecule has 18 heavy (non-hydrogen) atoms. The van der Waals surface area contributed by atoms with Gasteiger partial charge in [-0.05, 0) is 51.2 Å². The molecule has 98 valence electrons. The highest BCUT2D eigenvalue weighted by Gasteiger charge is 2.15. The van der Waals surface area contributed by atoms with Crippen LogP contribution in [0.5, 0.6) is 0 Å². The van der Waals surface area contributed by atoms with E-state index in [0.717, 1.165) is 29.4 Å². The number of nitrogens with zero attached hydrogens (tertiary/aromatic N) is 2. The molecule has 0 radical (unpaired) electrons. The monoisotopic (exact) mass is 327 g/mol. The average molecular weight is 328 g/mol. The average Bonchev–Trinajstić information content (AvgIpc) is 2.92. The second kappa shape index (κ2) is 5.99. The molecule has 0 saturated heterocycles. The Hall–Kier alpha value is -0.650. The zero-order chi connectivity index (χ0) is 13.1. The van der Waals surface area contributed by atoms with E-state index in [0.29, 0.717) is 0 Å². The fourth-order valence-corrected chi connectivity index (χ4v) is 3.53. The molecule has 2 N–H and O–H groups in total. The van der Waals surface area contributed by atoms with Gasteiger partial charge in [0, 0.05) is 19.5 Å². The number of aryl methyl sites for hydroxylation is 2. The van der Waals surface area contributed by atoms with Crippen LogP contribution >= 0.6 is 27.3 Å². The molecule has 2 aromatic rings. The fraction of sp³-hybridized carbons (Fsp3) is 0.462. The minimum Gasteiger partial charge on any atom is -0.327 e. The van der Waals surface area contributed by atoms with Gasteiger partial charge in [-0.2, -0.15) is 16.4 Å². The maximum absolute atomic E-state index is 6.23. The Morgan fingerprint density at radius 2 is 2.28 bits per heavy atom. The van der Waals surface area contributed by atoms with Crippen LogP contribution in [0, 0.1) is 0 Å². The van der Waals surface area contributed by atoms with Gasteiger partial charge in [-0.3, -0.25) is 4.68 Å². The second-order valence-corrected chi connectivity index (χ2v) is 6.06. The molecule has 0 aliphatic carbocycles. The molecule has 1 unspecified atom stereocenters. The van der Waals surface area contributed by atoms with Crippen LogP contribution < -0.4 is 5.73 Å². The van der Waals surface area contributed by atoms with Crippen molar-refractivity contribution in [2.45, 2.75) is 32.2 Å². The third-order valence-corrected chi connectivity index (χ3v) is 4.68. The summed E-state index contributed by atoms with van der Waals surface area (Å²) in [4.78, 5) is 0. The molecular formula is C13H18BrN3S. The minimum absolute atomic E-state index is 0.135. The molecule has 0 saturated carbocycles. The van der Waals surface area contributed by atoms with Crippen molar-refractivity contribution < 1.29 is 0 Å². The van der Waals surface area contributed by atoms with Crippen molar-refractivity contribution in [2.24, 2.45) is 12.8 Å². The normalized spacial score (nSPS) is 12.9. The van der Waals surface area contributed by atoms with Gasteiger partial charge in [0.25, 0.3) is 0 Å². The maximum atomic E-state index is 6.23. The van der Waals surface area contributed by atoms with Gasteiger partial charge >= 0.3 is 0 Å². The number of aromatic nitrogens is 2. The highest BCUT2D eigenvalue weighted by atomic mass is 79.9. The van der Waals surface area contributed by atoms with E-state index in [-0.39, 0.29) is 6.04 Å². The van der Waals surface area contributed by atoms with E-state index in [1.54, 1.807) is 11.3 Å². The molecule has 2 heterocycles. The van der Waals surface area contributed by atoms with E-state index >= 15 is 0 Å². The predicted molar refractivity (Wildman–Crippen MR) is 80.0 cm³/mol. The van der Waals surface area contributed by atoms with Gasteiger partial charge in [-0.15, -0.1) is 0 Å². The van der Waals surface area contributed by atoms with Crippen LogP contribution in [-0.4, -0.2) is 15.8 Å². The Balaban J connectivity index is 2.07. The lowest BCUT2D eigenvalue weighted by atomic mass is 10.0. The molecule has 1 atom stereocenters. The van der Waals surface area contributed by atoms with Crippen LogP contribution in [0.2, 0.25) is 0 Å². The van der Waals surface area contributed by atoms with Gasteiger partial charge in [-0.25, -0.2) is 0 Å². The summed E-state index contributed by atoms with van der Waals surface area (Å²) < 4.78 is 3.06. The highest BCUT2D eigenvalue weighted by Crippen LogP contribution is 2.23. The van der Waals surface area contributed by atoms with Gasteiger partial charge in [0.1, 0.15) is 0 Å². The molecule has 0 aromatic carbocycles. The van der Waals surface area contributed by atoms with Crippen LogP contribution in [0.3, 0.4) is 0 Å². The summed E-state index contributed by atoms with van der Waals surface area (Å²) in [5.41, 5.74) is 9.85. The molecule has 0 bridgehead atoms. The maximum Gasteiger partial charge on any atom is 0.0766 e. The molecule has 0 amide bonds. The Bertz CT molecular complexity index is 505. The first-order valence-electron chi connectivity index (χ1n) is 6.08. The summed E-state index contributed by atoms with van der Waals surface area (Å²) >= 11 is 5.35. The predicted octanol–water partition coefficient (Wildman–Crippen LogP) is 2.92. The quantitative estimate of drug-likeness (QED) is 0.917. The van der Waals surface area contributed by atoms with Gasteiger partial charge in [-0.1, -0.05) is 6.92 Å². The van der Waals surface area contributed by atoms with Crippen LogP contribution in [-0.2, 0) is 26.3 Å². The van der Waals surface area contributed by atoms with E-state index < -0.39 is 0 Å². The van der Waals surface area contributed by atoms with Crippen LogP contribution in [0.15, 0.2) is 21.3 Å². The molecule has 5 heteroatoms. The number of halogens is 1. The lowest BCUT2D eigenvalue weighted by Gasteiger charge is -2.11. The van der Waals surface area contributed by atoms with Crippen molar-refractivity contribution in [2.75, 3.05) is 0 Å². The highest BCUT2D eigenvalue weighted by molar-refractivity contribution is 9.10. The molecule has 0 aliphatic heterocycles. The van der Waals surface area contributed by atoms with Crippen LogP contribution in [0.1, 0.15) is 23.9 Å². The largest absolute Gasteiger partial charge is 0.327 e. The summed E-state index contributed by atoms with van der Waals surface area (Å²) in [5.74, 6) is 0. The molecule has 0 spiro atoms. The SMILES string of the molecule is CCc1nn(C)c(CC(N)Cc2ccsc2)c1Br. The third kappa shape index (κ3) is 3.02. The summed E-state index contributed by atoms with van der Waals surface area (Å²) in [6, 6.07) is 2.27. The first kappa shape index (κ1) is 13.8. The fourth-order valence-electron chi connectivity index (χ4n) is 2.07. The van der Waals surface area contributed by atoms with Crippen molar-refractivity contribution in [3.8, 4) is 0 Å². The van der Waals surface area contributed by atoms with Crippen molar-refractivity contribution in [3.63, 3.8) is 0 Å². The number of rotatable bonds is 5. The van der Waals surface area contributed by atoms with E-state index in [1.165, 1.54) is 11.3 Å². The van der Waals surface area contributed by atoms with Gasteiger partial charge in [0.15, 0.2) is 0 Å². The number of nitrogens with two attached hydrogens (primary N) is 1. The van der Waals surface area contributed by atoms with Crippen LogP contribution in [0.25, 0.3) is 0 Å². The first-order valence-corrected chi connectivity index (χ1v) is 7.82. The van der Waals surface area contributed by atoms with Gasteiger partial charge in [0.05, 0.1) is 15.9 Å². The molecular weight excluding hydrogens is 310 g/mol. The Morgan fingerprint density at radius 3 is 2.83 bits per heavy atom. The van der Waals surface area contributed by atoms with E-state index in [9.17, 15) is 0 Å². The molecule has 0 aliphatic rings. The smallest absolute Gasteiger partial charge is 0.0766 e. The van der Waals surface area contributed by atoms with Crippen molar-refractivity contribution in [1.82, 2.24) is 9.78 Å². The molecule has 2 rings (SSSR count). The Labute approximate surface area is 120 Å². The zero-order valence-electron chi connectivity index (χ0n) is 10.7. The second-order valence-electron chi connectivity index (χ2n) is 4.48. The number of hydrogen-bond acceptors (Lipinski definition) is 3. The van der Waals surface area contributed by atoms with E-state index in [4.69, 9.17) is 5.73 Å². The number of thiophene rings is 1. The lowest BCUT2D eigenvalue weighted by molar-refractivity contribution is 0.611. The Morgan fingerprint density at radius 1 is 1.50 bits per heavy atom. The van der Waals surface area contributed by atoms with Crippen molar-refractivity contribution in [1.29, 1.82) is 0 Å². The van der Waals surface area contributed by atoms with Crippen LogP contribution in [0.4, 0.5) is 0 Å². The molecule has 0 fully saturated rings. The van der Waals surface area contributed by atoms with E-state index in [2.05, 4.69) is 44.8 Å². The van der Waals surface area contributed by atoms with Gasteiger partial charge < -0.3 is 5.73 Å². The summed E-state index contributed by atoms with van der Waals surface area (Å²) in [5, 5.41) is 8.75. The summed E-state index contributed by atoms with van der Waals surface area (Å²) in [7, 11) is 1.98. The summed E-state index contributed by atoms with van der Waals surface area (Å²) in [6.07, 6.45) is 2.71. The first-order chi connectivity index (χ1) is 8.61. The molecule has 2 aromatic heterocycles. The summed E-state index contributed by atoms with van der Waals surface area (Å²) in [6.45, 7) is 2.11. The Kier molecular flexibility index (Phi) is 4.59. The topological polar surface area (TPSA) is 43.8 Å². The third-order valence-electron chi connectivity index (χ3n) is 3.04. The lowest BCUT2D eigenvalue weighted by Crippen LogP contribution is -2.26. The molecule has 3 nitrogen and oxygen atoms in total. The standard InChI is InChI=1S/C13H18BrN3S/c1-3-11-13(14)12(17(2)16-11)7-10(15)6-9-4-5-18-8-9/h4-5,8,10H,3,6-7,15H2,1-2H3. The number of hydrogen-bond donors (Lipinski definition) is 1. The zero-order valence-corrected chi connectivity index (χ0v) is 13.1. The van der Waals surface area contributed by atoms with Crippen molar-refractivity contribution in [3.05, 3.63) is 38.3 Å². The van der Waals surface area contributed by atoms with Gasteiger partial charge in [0.2, 0.25) is 0 Å². The van der Waals surface area contributed by atoms with E-state index in [1.807, 2.05) is 11.7 Å². The minimum atomic E-state index is 0.135. The van der Waals surface area contributed by atoms with Crippen molar-refractivity contribution >= 4 is 27.3 Å².